The molecule has 0 N–H and O–H groups in total. The number of nitriles is 2. The lowest BCUT2D eigenvalue weighted by Gasteiger charge is -2.41. The monoisotopic (exact) mass is 293 g/mol. The van der Waals surface area contributed by atoms with Gasteiger partial charge < -0.3 is 4.74 Å². The number of hydrogen-bond acceptors (Lipinski definition) is 6. The summed E-state index contributed by atoms with van der Waals surface area (Å²) in [6.45, 7) is 3.23. The average Bonchev–Trinajstić information content (AvgIpc) is 2.62. The fraction of sp³-hybridized carbons (Fsp3) is 0.312. The number of pyridine rings is 1. The molecule has 110 valence electrons. The zero-order valence-corrected chi connectivity index (χ0v) is 12.1. The number of morpholine rings is 1. The van der Waals surface area contributed by atoms with Crippen LogP contribution in [0.15, 0.2) is 41.7 Å². The number of ether oxygens (including phenoxy) is 1. The van der Waals surface area contributed by atoms with E-state index >= 15 is 0 Å². The molecule has 6 nitrogen and oxygen atoms in total. The van der Waals surface area contributed by atoms with Gasteiger partial charge in [0.15, 0.2) is 0 Å². The molecule has 0 spiro atoms. The smallest absolute Gasteiger partial charge is 0.101 e. The molecule has 0 aromatic carbocycles. The van der Waals surface area contributed by atoms with E-state index in [1.54, 1.807) is 18.5 Å². The molecule has 0 saturated carbocycles. The van der Waals surface area contributed by atoms with Gasteiger partial charge in [0.2, 0.25) is 0 Å². The molecule has 2 aliphatic rings. The molecule has 0 bridgehead atoms. The Balaban J connectivity index is 2.07. The highest BCUT2D eigenvalue weighted by Gasteiger charge is 2.28. The summed E-state index contributed by atoms with van der Waals surface area (Å²) >= 11 is 0. The van der Waals surface area contributed by atoms with Crippen LogP contribution in [-0.4, -0.2) is 47.8 Å². The van der Waals surface area contributed by atoms with E-state index in [2.05, 4.69) is 22.1 Å². The fourth-order valence-corrected chi connectivity index (χ4v) is 2.66. The van der Waals surface area contributed by atoms with Crippen molar-refractivity contribution < 1.29 is 4.74 Å². The van der Waals surface area contributed by atoms with Gasteiger partial charge >= 0.3 is 0 Å². The lowest BCUT2D eigenvalue weighted by Crippen LogP contribution is -2.49. The number of allylic oxidation sites excluding steroid dienone is 2. The summed E-state index contributed by atoms with van der Waals surface area (Å²) in [5.41, 5.74) is 2.74. The highest BCUT2D eigenvalue weighted by molar-refractivity contribution is 5.75. The van der Waals surface area contributed by atoms with Crippen molar-refractivity contribution in [3.05, 3.63) is 47.3 Å². The lowest BCUT2D eigenvalue weighted by atomic mass is 10.0. The van der Waals surface area contributed by atoms with E-state index in [9.17, 15) is 10.5 Å². The van der Waals surface area contributed by atoms with Crippen LogP contribution >= 0.6 is 0 Å². The average molecular weight is 293 g/mol. The van der Waals surface area contributed by atoms with Crippen molar-refractivity contribution in [1.82, 2.24) is 15.0 Å². The second-order valence-electron chi connectivity index (χ2n) is 5.02. The van der Waals surface area contributed by atoms with E-state index in [1.807, 2.05) is 17.1 Å². The molecule has 1 aromatic heterocycles. The highest BCUT2D eigenvalue weighted by atomic mass is 16.5. The minimum atomic E-state index is 0.464. The van der Waals surface area contributed by atoms with E-state index in [-0.39, 0.29) is 0 Å². The summed E-state index contributed by atoms with van der Waals surface area (Å²) in [5, 5.41) is 22.9. The van der Waals surface area contributed by atoms with Gasteiger partial charge in [-0.1, -0.05) is 0 Å². The van der Waals surface area contributed by atoms with E-state index in [4.69, 9.17) is 4.74 Å². The second kappa shape index (κ2) is 6.40. The lowest BCUT2D eigenvalue weighted by molar-refractivity contribution is -0.0523. The Bertz CT molecular complexity index is 689. The van der Waals surface area contributed by atoms with Crippen LogP contribution in [0.4, 0.5) is 0 Å². The molecule has 1 aromatic rings. The van der Waals surface area contributed by atoms with Crippen molar-refractivity contribution in [3.63, 3.8) is 0 Å². The maximum Gasteiger partial charge on any atom is 0.101 e. The number of hydrazine groups is 1. The Labute approximate surface area is 129 Å². The molecule has 3 heterocycles. The van der Waals surface area contributed by atoms with Gasteiger partial charge in [0.05, 0.1) is 42.7 Å². The summed E-state index contributed by atoms with van der Waals surface area (Å²) in [7, 11) is 0. The Morgan fingerprint density at radius 2 is 2.00 bits per heavy atom. The quantitative estimate of drug-likeness (QED) is 0.818. The van der Waals surface area contributed by atoms with Crippen LogP contribution in [-0.2, 0) is 4.74 Å². The predicted molar refractivity (Wildman–Crippen MR) is 79.6 cm³/mol. The van der Waals surface area contributed by atoms with Gasteiger partial charge in [-0.05, 0) is 18.2 Å². The number of aromatic nitrogens is 1. The Morgan fingerprint density at radius 3 is 2.64 bits per heavy atom. The summed E-state index contributed by atoms with van der Waals surface area (Å²) < 4.78 is 5.40. The van der Waals surface area contributed by atoms with Crippen LogP contribution < -0.4 is 0 Å². The molecule has 1 saturated heterocycles. The number of nitrogens with zero attached hydrogens (tertiary/aromatic N) is 5. The molecule has 6 heteroatoms. The fourth-order valence-electron chi connectivity index (χ4n) is 2.66. The van der Waals surface area contributed by atoms with E-state index in [0.29, 0.717) is 30.9 Å². The number of hydrogen-bond donors (Lipinski definition) is 0. The van der Waals surface area contributed by atoms with Crippen molar-refractivity contribution in [3.8, 4) is 12.1 Å². The van der Waals surface area contributed by atoms with Gasteiger partial charge in [0.25, 0.3) is 0 Å². The van der Waals surface area contributed by atoms with Crippen LogP contribution in [0.25, 0.3) is 5.70 Å². The second-order valence-corrected chi connectivity index (χ2v) is 5.02. The minimum Gasteiger partial charge on any atom is -0.379 e. The van der Waals surface area contributed by atoms with Crippen molar-refractivity contribution in [2.24, 2.45) is 0 Å². The first-order chi connectivity index (χ1) is 10.8. The third kappa shape index (κ3) is 2.71. The van der Waals surface area contributed by atoms with E-state index in [0.717, 1.165) is 24.4 Å². The van der Waals surface area contributed by atoms with E-state index in [1.165, 1.54) is 0 Å². The molecule has 0 radical (unpaired) electrons. The van der Waals surface area contributed by atoms with Gasteiger partial charge in [-0.2, -0.15) is 10.5 Å². The van der Waals surface area contributed by atoms with Crippen LogP contribution in [0.5, 0.6) is 0 Å². The highest BCUT2D eigenvalue weighted by Crippen LogP contribution is 2.30. The van der Waals surface area contributed by atoms with Gasteiger partial charge in [-0.15, -0.1) is 0 Å². The van der Waals surface area contributed by atoms with Crippen molar-refractivity contribution in [2.45, 2.75) is 0 Å². The molecule has 0 amide bonds. The van der Waals surface area contributed by atoms with Crippen LogP contribution in [0, 0.1) is 22.7 Å². The summed E-state index contributed by atoms with van der Waals surface area (Å²) in [4.78, 5) is 4.15. The molecule has 1 fully saturated rings. The Kier molecular flexibility index (Phi) is 4.15. The summed E-state index contributed by atoms with van der Waals surface area (Å²) in [6.07, 6.45) is 5.11. The molecule has 0 atom stereocenters. The Hall–Kier alpha value is -2.67. The summed E-state index contributed by atoms with van der Waals surface area (Å²) in [6, 6.07) is 8.16. The van der Waals surface area contributed by atoms with Gasteiger partial charge in [0.1, 0.15) is 6.07 Å². The Morgan fingerprint density at radius 1 is 1.18 bits per heavy atom. The third-order valence-electron chi connectivity index (χ3n) is 3.68. The number of rotatable bonds is 2. The minimum absolute atomic E-state index is 0.464. The molecule has 22 heavy (non-hydrogen) atoms. The molecule has 0 aliphatic carbocycles. The maximum atomic E-state index is 9.50. The molecule has 0 unspecified atom stereocenters. The topological polar surface area (TPSA) is 76.2 Å². The first-order valence-corrected chi connectivity index (χ1v) is 7.09. The molecule has 3 rings (SSSR count). The van der Waals surface area contributed by atoms with Gasteiger partial charge in [0, 0.05) is 31.0 Å². The predicted octanol–water partition coefficient (Wildman–Crippen LogP) is 1.33. The maximum absolute atomic E-state index is 9.50. The first kappa shape index (κ1) is 14.3. The van der Waals surface area contributed by atoms with Crippen LogP contribution in [0.3, 0.4) is 0 Å². The third-order valence-corrected chi connectivity index (χ3v) is 3.68. The zero-order chi connectivity index (χ0) is 15.4. The largest absolute Gasteiger partial charge is 0.379 e. The van der Waals surface area contributed by atoms with Crippen molar-refractivity contribution in [1.29, 1.82) is 10.5 Å². The van der Waals surface area contributed by atoms with Crippen molar-refractivity contribution >= 4 is 5.70 Å². The summed E-state index contributed by atoms with van der Waals surface area (Å²) in [5.74, 6) is 0. The SMILES string of the molecule is N#CC1=CC(C#N)=C(c2cccnc2)N(N2CCOCC2)C1. The van der Waals surface area contributed by atoms with Gasteiger partial charge in [-0.25, -0.2) is 5.01 Å². The standard InChI is InChI=1S/C16H15N5O/c17-9-13-8-15(10-18)16(14-2-1-3-19-11-14)21(12-13)20-4-6-22-7-5-20/h1-3,8,11H,4-7,12H2. The molecular weight excluding hydrogens is 278 g/mol. The van der Waals surface area contributed by atoms with Crippen LogP contribution in [0.2, 0.25) is 0 Å². The van der Waals surface area contributed by atoms with E-state index < -0.39 is 0 Å². The first-order valence-electron chi connectivity index (χ1n) is 7.09. The van der Waals surface area contributed by atoms with Crippen molar-refractivity contribution in [2.75, 3.05) is 32.8 Å². The van der Waals surface area contributed by atoms with Crippen LogP contribution in [0.1, 0.15) is 5.56 Å². The molecular formula is C16H15N5O. The normalized spacial score (nSPS) is 19.4. The van der Waals surface area contributed by atoms with Gasteiger partial charge in [-0.3, -0.25) is 9.99 Å². The molecule has 2 aliphatic heterocycles. The zero-order valence-electron chi connectivity index (χ0n) is 12.1.